The highest BCUT2D eigenvalue weighted by Crippen LogP contribution is 2.32. The van der Waals surface area contributed by atoms with Crippen LogP contribution in [0.25, 0.3) is 17.1 Å². The highest BCUT2D eigenvalue weighted by atomic mass is 32.2. The third-order valence-corrected chi connectivity index (χ3v) is 5.88. The zero-order valence-corrected chi connectivity index (χ0v) is 18.0. The summed E-state index contributed by atoms with van der Waals surface area (Å²) in [6.45, 7) is 2.09. The maximum absolute atomic E-state index is 5.32. The topological polar surface area (TPSA) is 49.2 Å². The molecule has 0 amide bonds. The molecule has 1 aromatic heterocycles. The van der Waals surface area contributed by atoms with Crippen molar-refractivity contribution < 1.29 is 9.47 Å². The lowest BCUT2D eigenvalue weighted by atomic mass is 10.1. The monoisotopic (exact) mass is 417 g/mol. The summed E-state index contributed by atoms with van der Waals surface area (Å²) in [5.74, 6) is 3.28. The Hall–Kier alpha value is -3.25. The van der Waals surface area contributed by atoms with Crippen LogP contribution in [-0.2, 0) is 5.75 Å². The molecule has 5 nitrogen and oxygen atoms in total. The summed E-state index contributed by atoms with van der Waals surface area (Å²) in [5, 5.41) is 9.91. The van der Waals surface area contributed by atoms with Crippen molar-refractivity contribution in [3.63, 3.8) is 0 Å². The molecule has 0 aliphatic carbocycles. The Kier molecular flexibility index (Phi) is 6.05. The van der Waals surface area contributed by atoms with E-state index in [1.54, 1.807) is 26.0 Å². The molecule has 0 fully saturated rings. The SMILES string of the molecule is COc1ccc(CSc2nnc(-c3ccccc3C)n2-c2ccc(OC)cc2)cc1. The van der Waals surface area contributed by atoms with E-state index in [0.717, 1.165) is 45.0 Å². The quantitative estimate of drug-likeness (QED) is 0.369. The number of hydrogen-bond donors (Lipinski definition) is 0. The molecule has 0 aliphatic heterocycles. The Bertz CT molecular complexity index is 1120. The summed E-state index contributed by atoms with van der Waals surface area (Å²) >= 11 is 1.66. The summed E-state index contributed by atoms with van der Waals surface area (Å²) in [7, 11) is 3.34. The van der Waals surface area contributed by atoms with Gasteiger partial charge in [-0.25, -0.2) is 0 Å². The van der Waals surface area contributed by atoms with Gasteiger partial charge in [-0.05, 0) is 54.4 Å². The maximum atomic E-state index is 5.32. The summed E-state index contributed by atoms with van der Waals surface area (Å²) < 4.78 is 12.7. The minimum atomic E-state index is 0.784. The Labute approximate surface area is 180 Å². The Balaban J connectivity index is 1.71. The zero-order valence-electron chi connectivity index (χ0n) is 17.2. The third kappa shape index (κ3) is 4.19. The summed E-state index contributed by atoms with van der Waals surface area (Å²) in [6, 6.07) is 24.3. The standard InChI is InChI=1S/C24H23N3O2S/c1-17-6-4-5-7-22(17)23-25-26-24(27(23)19-10-14-21(29-3)15-11-19)30-16-18-8-12-20(28-2)13-9-18/h4-15H,16H2,1-3H3. The molecular weight excluding hydrogens is 394 g/mol. The number of nitrogens with zero attached hydrogens (tertiary/aromatic N) is 3. The van der Waals surface area contributed by atoms with Gasteiger partial charge in [0.2, 0.25) is 0 Å². The fourth-order valence-electron chi connectivity index (χ4n) is 3.20. The smallest absolute Gasteiger partial charge is 0.196 e. The predicted octanol–water partition coefficient (Wildman–Crippen LogP) is 5.55. The van der Waals surface area contributed by atoms with Crippen LogP contribution in [-0.4, -0.2) is 29.0 Å². The molecule has 0 spiro atoms. The molecule has 0 saturated heterocycles. The average molecular weight is 418 g/mol. The van der Waals surface area contributed by atoms with E-state index < -0.39 is 0 Å². The van der Waals surface area contributed by atoms with E-state index in [4.69, 9.17) is 9.47 Å². The summed E-state index contributed by atoms with van der Waals surface area (Å²) in [4.78, 5) is 0. The molecule has 0 bridgehead atoms. The molecular formula is C24H23N3O2S. The molecule has 6 heteroatoms. The lowest BCUT2D eigenvalue weighted by molar-refractivity contribution is 0.414. The molecule has 0 N–H and O–H groups in total. The van der Waals surface area contributed by atoms with Gasteiger partial charge in [0.15, 0.2) is 11.0 Å². The predicted molar refractivity (Wildman–Crippen MR) is 121 cm³/mol. The van der Waals surface area contributed by atoms with Gasteiger partial charge in [-0.15, -0.1) is 10.2 Å². The van der Waals surface area contributed by atoms with Gasteiger partial charge >= 0.3 is 0 Å². The van der Waals surface area contributed by atoms with Crippen LogP contribution in [0, 0.1) is 6.92 Å². The fourth-order valence-corrected chi connectivity index (χ4v) is 4.10. The lowest BCUT2D eigenvalue weighted by Gasteiger charge is -2.12. The van der Waals surface area contributed by atoms with Crippen molar-refractivity contribution in [3.8, 4) is 28.6 Å². The molecule has 0 aliphatic rings. The van der Waals surface area contributed by atoms with Gasteiger partial charge in [-0.1, -0.05) is 48.2 Å². The summed E-state index contributed by atoms with van der Waals surface area (Å²) in [5.41, 5.74) is 4.42. The number of methoxy groups -OCH3 is 2. The number of hydrogen-bond acceptors (Lipinski definition) is 5. The van der Waals surface area contributed by atoms with Crippen molar-refractivity contribution in [2.75, 3.05) is 14.2 Å². The van der Waals surface area contributed by atoms with Crippen molar-refractivity contribution in [1.29, 1.82) is 0 Å². The highest BCUT2D eigenvalue weighted by Gasteiger charge is 2.17. The summed E-state index contributed by atoms with van der Waals surface area (Å²) in [6.07, 6.45) is 0. The number of ether oxygens (including phenoxy) is 2. The van der Waals surface area contributed by atoms with Crippen molar-refractivity contribution in [2.24, 2.45) is 0 Å². The fraction of sp³-hybridized carbons (Fsp3) is 0.167. The lowest BCUT2D eigenvalue weighted by Crippen LogP contribution is -2.01. The molecule has 3 aromatic carbocycles. The largest absolute Gasteiger partial charge is 0.497 e. The first-order valence-electron chi connectivity index (χ1n) is 9.61. The van der Waals surface area contributed by atoms with E-state index in [9.17, 15) is 0 Å². The van der Waals surface area contributed by atoms with Crippen LogP contribution >= 0.6 is 11.8 Å². The molecule has 30 heavy (non-hydrogen) atoms. The normalized spacial score (nSPS) is 10.8. The molecule has 4 rings (SSSR count). The van der Waals surface area contributed by atoms with Crippen molar-refractivity contribution in [2.45, 2.75) is 17.8 Å². The van der Waals surface area contributed by atoms with E-state index in [1.807, 2.05) is 48.5 Å². The Morgan fingerprint density at radius 2 is 1.43 bits per heavy atom. The van der Waals surface area contributed by atoms with Crippen LogP contribution in [0.15, 0.2) is 78.0 Å². The van der Waals surface area contributed by atoms with Crippen LogP contribution in [0.1, 0.15) is 11.1 Å². The Morgan fingerprint density at radius 1 is 0.800 bits per heavy atom. The first-order chi connectivity index (χ1) is 14.7. The first kappa shape index (κ1) is 20.0. The average Bonchev–Trinajstić information content (AvgIpc) is 3.22. The van der Waals surface area contributed by atoms with Crippen LogP contribution in [0.3, 0.4) is 0 Å². The van der Waals surface area contributed by atoms with Crippen molar-refractivity contribution in [3.05, 3.63) is 83.9 Å². The number of aromatic nitrogens is 3. The highest BCUT2D eigenvalue weighted by molar-refractivity contribution is 7.98. The van der Waals surface area contributed by atoms with Crippen LogP contribution in [0.5, 0.6) is 11.5 Å². The number of aryl methyl sites for hydroxylation is 1. The van der Waals surface area contributed by atoms with Gasteiger partial charge < -0.3 is 9.47 Å². The molecule has 152 valence electrons. The number of benzene rings is 3. The molecule has 0 atom stereocenters. The van der Waals surface area contributed by atoms with Gasteiger partial charge in [0.1, 0.15) is 11.5 Å². The van der Waals surface area contributed by atoms with Crippen LogP contribution < -0.4 is 9.47 Å². The van der Waals surface area contributed by atoms with Gasteiger partial charge in [-0.2, -0.15) is 0 Å². The van der Waals surface area contributed by atoms with Gasteiger partial charge in [0.05, 0.1) is 14.2 Å². The molecule has 1 heterocycles. The van der Waals surface area contributed by atoms with Crippen molar-refractivity contribution in [1.82, 2.24) is 14.8 Å². The number of thioether (sulfide) groups is 1. The molecule has 4 aromatic rings. The molecule has 0 radical (unpaired) electrons. The van der Waals surface area contributed by atoms with Crippen LogP contribution in [0.4, 0.5) is 0 Å². The number of rotatable bonds is 7. The second-order valence-corrected chi connectivity index (χ2v) is 7.73. The van der Waals surface area contributed by atoms with Crippen molar-refractivity contribution >= 4 is 11.8 Å². The minimum absolute atomic E-state index is 0.784. The van der Waals surface area contributed by atoms with E-state index in [-0.39, 0.29) is 0 Å². The minimum Gasteiger partial charge on any atom is -0.497 e. The third-order valence-electron chi connectivity index (χ3n) is 4.88. The van der Waals surface area contributed by atoms with Gasteiger partial charge in [0.25, 0.3) is 0 Å². The second-order valence-electron chi connectivity index (χ2n) is 6.79. The molecule has 0 saturated carbocycles. The Morgan fingerprint density at radius 3 is 2.07 bits per heavy atom. The van der Waals surface area contributed by atoms with E-state index in [1.165, 1.54) is 5.56 Å². The zero-order chi connectivity index (χ0) is 20.9. The van der Waals surface area contributed by atoms with Gasteiger partial charge in [0, 0.05) is 17.0 Å². The molecule has 0 unspecified atom stereocenters. The maximum Gasteiger partial charge on any atom is 0.196 e. The first-order valence-corrected chi connectivity index (χ1v) is 10.6. The van der Waals surface area contributed by atoms with Crippen LogP contribution in [0.2, 0.25) is 0 Å². The van der Waals surface area contributed by atoms with E-state index in [0.29, 0.717) is 0 Å². The van der Waals surface area contributed by atoms with E-state index >= 15 is 0 Å². The second kappa shape index (κ2) is 9.05. The van der Waals surface area contributed by atoms with Gasteiger partial charge in [-0.3, -0.25) is 4.57 Å². The van der Waals surface area contributed by atoms with E-state index in [2.05, 4.69) is 46.0 Å².